The predicted molar refractivity (Wildman–Crippen MR) is 144 cm³/mol. The Morgan fingerprint density at radius 1 is 1.00 bits per heavy atom. The van der Waals surface area contributed by atoms with Crippen molar-refractivity contribution in [3.8, 4) is 22.9 Å². The van der Waals surface area contributed by atoms with E-state index in [0.29, 0.717) is 23.4 Å². The van der Waals surface area contributed by atoms with Gasteiger partial charge in [0.15, 0.2) is 5.11 Å². The molecule has 5 rings (SSSR count). The van der Waals surface area contributed by atoms with Gasteiger partial charge in [-0.2, -0.15) is 4.98 Å². The number of nitrogens with one attached hydrogen (secondary N) is 1. The fourth-order valence-electron chi connectivity index (χ4n) is 4.29. The average molecular weight is 499 g/mol. The van der Waals surface area contributed by atoms with Gasteiger partial charge in [0.25, 0.3) is 5.89 Å². The molecule has 0 bridgehead atoms. The Hall–Kier alpha value is -4.17. The third kappa shape index (κ3) is 4.55. The minimum atomic E-state index is -0.255. The molecule has 0 amide bonds. The van der Waals surface area contributed by atoms with E-state index in [1.165, 1.54) is 0 Å². The number of benzene rings is 3. The topological polar surface area (TPSA) is 72.7 Å². The summed E-state index contributed by atoms with van der Waals surface area (Å²) in [5.74, 6) is 2.46. The highest BCUT2D eigenvalue weighted by atomic mass is 32.1. The third-order valence-corrected chi connectivity index (χ3v) is 6.31. The van der Waals surface area contributed by atoms with Gasteiger partial charge < -0.3 is 19.3 Å². The van der Waals surface area contributed by atoms with Crippen LogP contribution in [0, 0.1) is 0 Å². The van der Waals surface area contributed by atoms with Crippen molar-refractivity contribution >= 4 is 28.6 Å². The summed E-state index contributed by atoms with van der Waals surface area (Å²) in [6.07, 6.45) is 0. The lowest BCUT2D eigenvalue weighted by molar-refractivity contribution is 0.340. The van der Waals surface area contributed by atoms with Gasteiger partial charge in [-0.1, -0.05) is 41.6 Å². The van der Waals surface area contributed by atoms with Crippen molar-refractivity contribution in [1.82, 2.24) is 15.5 Å². The van der Waals surface area contributed by atoms with Crippen molar-refractivity contribution in [2.75, 3.05) is 18.6 Å². The molecule has 36 heavy (non-hydrogen) atoms. The van der Waals surface area contributed by atoms with Crippen LogP contribution < -0.4 is 19.7 Å². The van der Waals surface area contributed by atoms with E-state index in [9.17, 15) is 0 Å². The molecular formula is C28H26N4O3S. The molecule has 1 unspecified atom stereocenters. The van der Waals surface area contributed by atoms with Crippen LogP contribution in [0.1, 0.15) is 31.3 Å². The van der Waals surface area contributed by atoms with E-state index in [2.05, 4.69) is 22.6 Å². The highest BCUT2D eigenvalue weighted by Gasteiger charge is 2.34. The molecule has 1 aromatic heterocycles. The summed E-state index contributed by atoms with van der Waals surface area (Å²) in [6, 6.07) is 25.2. The van der Waals surface area contributed by atoms with E-state index < -0.39 is 0 Å². The Balaban J connectivity index is 1.60. The number of hydrogen-bond acceptors (Lipinski definition) is 6. The summed E-state index contributed by atoms with van der Waals surface area (Å²) in [4.78, 5) is 6.75. The standard InChI is InChI=1S/C28H26N4O3S/c1-4-34-22-15-13-20(14-16-22)26-30-27(35-31-26)24-18(2)32(21-11-8-12-23(17-21)33-3)28(36)29-25(24)19-9-6-5-7-10-19/h5-17,25H,4H2,1-3H3,(H,29,36). The Bertz CT molecular complexity index is 1400. The Morgan fingerprint density at radius 3 is 2.50 bits per heavy atom. The van der Waals surface area contributed by atoms with Gasteiger partial charge in [-0.15, -0.1) is 0 Å². The molecule has 0 fully saturated rings. The lowest BCUT2D eigenvalue weighted by Crippen LogP contribution is -2.46. The molecule has 0 saturated carbocycles. The van der Waals surface area contributed by atoms with Crippen molar-refractivity contribution in [1.29, 1.82) is 0 Å². The number of nitrogens with zero attached hydrogens (tertiary/aromatic N) is 3. The number of ether oxygens (including phenoxy) is 2. The number of hydrogen-bond donors (Lipinski definition) is 1. The van der Waals surface area contributed by atoms with Crippen LogP contribution >= 0.6 is 12.2 Å². The van der Waals surface area contributed by atoms with Gasteiger partial charge in [-0.25, -0.2) is 0 Å². The zero-order chi connectivity index (χ0) is 25.1. The van der Waals surface area contributed by atoms with Crippen LogP contribution in [-0.4, -0.2) is 29.0 Å². The SMILES string of the molecule is CCOc1ccc(-c2noc(C3=C(C)N(c4cccc(OC)c4)C(=S)NC3c3ccccc3)n2)cc1. The van der Waals surface area contributed by atoms with Crippen LogP contribution in [0.4, 0.5) is 5.69 Å². The van der Waals surface area contributed by atoms with E-state index >= 15 is 0 Å². The maximum absolute atomic E-state index is 5.84. The summed E-state index contributed by atoms with van der Waals surface area (Å²) in [5, 5.41) is 8.34. The fraction of sp³-hybridized carbons (Fsp3) is 0.179. The van der Waals surface area contributed by atoms with Crippen LogP contribution in [0.25, 0.3) is 17.0 Å². The maximum atomic E-state index is 5.84. The fourth-order valence-corrected chi connectivity index (χ4v) is 4.65. The van der Waals surface area contributed by atoms with E-state index in [0.717, 1.165) is 39.6 Å². The minimum Gasteiger partial charge on any atom is -0.497 e. The van der Waals surface area contributed by atoms with E-state index in [1.54, 1.807) is 7.11 Å². The molecule has 0 radical (unpaired) electrons. The lowest BCUT2D eigenvalue weighted by Gasteiger charge is -2.37. The minimum absolute atomic E-state index is 0.255. The highest BCUT2D eigenvalue weighted by molar-refractivity contribution is 7.80. The summed E-state index contributed by atoms with van der Waals surface area (Å²) >= 11 is 5.82. The van der Waals surface area contributed by atoms with Gasteiger partial charge >= 0.3 is 0 Å². The van der Waals surface area contributed by atoms with Gasteiger partial charge in [-0.3, -0.25) is 4.90 Å². The molecule has 1 aliphatic heterocycles. The Kier molecular flexibility index (Phi) is 6.69. The van der Waals surface area contributed by atoms with Crippen LogP contribution in [0.3, 0.4) is 0 Å². The summed E-state index contributed by atoms with van der Waals surface area (Å²) < 4.78 is 16.8. The second-order valence-electron chi connectivity index (χ2n) is 8.21. The van der Waals surface area contributed by atoms with Gasteiger partial charge in [0.2, 0.25) is 5.82 Å². The van der Waals surface area contributed by atoms with E-state index in [-0.39, 0.29) is 6.04 Å². The number of methoxy groups -OCH3 is 1. The Labute approximate surface area is 215 Å². The zero-order valence-electron chi connectivity index (χ0n) is 20.3. The van der Waals surface area contributed by atoms with Crippen molar-refractivity contribution in [3.05, 3.63) is 96.0 Å². The first-order chi connectivity index (χ1) is 17.6. The normalized spacial score (nSPS) is 15.6. The molecule has 8 heteroatoms. The molecule has 1 N–H and O–H groups in total. The molecule has 182 valence electrons. The molecule has 0 aliphatic carbocycles. The molecule has 3 aromatic carbocycles. The lowest BCUT2D eigenvalue weighted by atomic mass is 9.94. The predicted octanol–water partition coefficient (Wildman–Crippen LogP) is 6.01. The van der Waals surface area contributed by atoms with E-state index in [4.69, 9.17) is 31.2 Å². The van der Waals surface area contributed by atoms with Crippen molar-refractivity contribution in [3.63, 3.8) is 0 Å². The maximum Gasteiger partial charge on any atom is 0.258 e. The smallest absolute Gasteiger partial charge is 0.258 e. The van der Waals surface area contributed by atoms with Crippen molar-refractivity contribution in [2.45, 2.75) is 19.9 Å². The number of allylic oxidation sites excluding steroid dienone is 1. The van der Waals surface area contributed by atoms with Crippen LogP contribution in [0.2, 0.25) is 0 Å². The van der Waals surface area contributed by atoms with Gasteiger partial charge in [-0.05, 0) is 68.0 Å². The molecule has 1 atom stereocenters. The molecule has 7 nitrogen and oxygen atoms in total. The van der Waals surface area contributed by atoms with Crippen LogP contribution in [-0.2, 0) is 0 Å². The second kappa shape index (κ2) is 10.2. The van der Waals surface area contributed by atoms with Crippen LogP contribution in [0.15, 0.2) is 89.1 Å². The number of anilines is 1. The molecule has 2 heterocycles. The zero-order valence-corrected chi connectivity index (χ0v) is 21.1. The molecule has 0 spiro atoms. The largest absolute Gasteiger partial charge is 0.497 e. The number of aromatic nitrogens is 2. The quantitative estimate of drug-likeness (QED) is 0.311. The van der Waals surface area contributed by atoms with Gasteiger partial charge in [0.1, 0.15) is 11.5 Å². The highest BCUT2D eigenvalue weighted by Crippen LogP contribution is 2.39. The second-order valence-corrected chi connectivity index (χ2v) is 8.60. The number of thiocarbonyl (C=S) groups is 1. The van der Waals surface area contributed by atoms with E-state index in [1.807, 2.05) is 85.5 Å². The average Bonchev–Trinajstić information content (AvgIpc) is 3.39. The molecule has 4 aromatic rings. The molecule has 1 aliphatic rings. The monoisotopic (exact) mass is 498 g/mol. The van der Waals surface area contributed by atoms with Crippen molar-refractivity contribution < 1.29 is 14.0 Å². The molecular weight excluding hydrogens is 472 g/mol. The summed E-state index contributed by atoms with van der Waals surface area (Å²) in [6.45, 7) is 4.58. The van der Waals surface area contributed by atoms with Gasteiger partial charge in [0, 0.05) is 17.3 Å². The summed E-state index contributed by atoms with van der Waals surface area (Å²) in [7, 11) is 1.65. The first kappa shape index (κ1) is 23.6. The molecule has 0 saturated heterocycles. The summed E-state index contributed by atoms with van der Waals surface area (Å²) in [5.41, 5.74) is 4.50. The first-order valence-electron chi connectivity index (χ1n) is 11.7. The van der Waals surface area contributed by atoms with Crippen molar-refractivity contribution in [2.24, 2.45) is 0 Å². The number of rotatable bonds is 7. The third-order valence-electron chi connectivity index (χ3n) is 6.01. The first-order valence-corrected chi connectivity index (χ1v) is 12.1. The Morgan fingerprint density at radius 2 is 1.78 bits per heavy atom. The van der Waals surface area contributed by atoms with Gasteiger partial charge in [0.05, 0.1) is 31.0 Å². The van der Waals surface area contributed by atoms with Crippen LogP contribution in [0.5, 0.6) is 11.5 Å².